The van der Waals surface area contributed by atoms with Crippen LogP contribution < -0.4 is 4.72 Å². The highest BCUT2D eigenvalue weighted by Crippen LogP contribution is 2.12. The summed E-state index contributed by atoms with van der Waals surface area (Å²) in [5.41, 5.74) is -0.372. The molecule has 3 N–H and O–H groups in total. The number of carbonyl (C=O) groups is 1. The van der Waals surface area contributed by atoms with Gasteiger partial charge in [0.25, 0.3) is 0 Å². The molecule has 20 heavy (non-hydrogen) atoms. The molecule has 112 valence electrons. The average Bonchev–Trinajstić information content (AvgIpc) is 2.34. The lowest BCUT2D eigenvalue weighted by molar-refractivity contribution is -0.136. The SMILES string of the molecule is CC(C)(O)CNS(=O)(=O)c1ccc(CCC(=O)O)cc1. The number of rotatable bonds is 7. The molecule has 1 aromatic rings. The van der Waals surface area contributed by atoms with Gasteiger partial charge in [-0.15, -0.1) is 0 Å². The van der Waals surface area contributed by atoms with Crippen molar-refractivity contribution >= 4 is 16.0 Å². The van der Waals surface area contributed by atoms with E-state index in [9.17, 15) is 18.3 Å². The smallest absolute Gasteiger partial charge is 0.303 e. The molecule has 0 saturated carbocycles. The maximum absolute atomic E-state index is 11.9. The van der Waals surface area contributed by atoms with Crippen LogP contribution in [0, 0.1) is 0 Å². The number of carboxylic acid groups (broad SMARTS) is 1. The van der Waals surface area contributed by atoms with Gasteiger partial charge in [0.15, 0.2) is 0 Å². The molecule has 1 rings (SSSR count). The van der Waals surface area contributed by atoms with Crippen molar-refractivity contribution in [2.24, 2.45) is 0 Å². The molecule has 0 unspecified atom stereocenters. The second kappa shape index (κ2) is 6.34. The van der Waals surface area contributed by atoms with Crippen LogP contribution in [0.4, 0.5) is 0 Å². The van der Waals surface area contributed by atoms with E-state index in [2.05, 4.69) is 4.72 Å². The number of aryl methyl sites for hydroxylation is 1. The molecule has 0 amide bonds. The Balaban J connectivity index is 2.74. The van der Waals surface area contributed by atoms with Gasteiger partial charge in [0.1, 0.15) is 0 Å². The molecule has 7 heteroatoms. The topological polar surface area (TPSA) is 104 Å². The third-order valence-electron chi connectivity index (χ3n) is 2.56. The van der Waals surface area contributed by atoms with Gasteiger partial charge in [-0.05, 0) is 38.0 Å². The lowest BCUT2D eigenvalue weighted by Crippen LogP contribution is -2.38. The molecule has 0 aliphatic rings. The molecule has 0 saturated heterocycles. The first-order valence-corrected chi connectivity index (χ1v) is 7.61. The summed E-state index contributed by atoms with van der Waals surface area (Å²) in [6, 6.07) is 6.01. The van der Waals surface area contributed by atoms with Crippen molar-refractivity contribution in [3.63, 3.8) is 0 Å². The van der Waals surface area contributed by atoms with Crippen molar-refractivity contribution in [3.8, 4) is 0 Å². The Hall–Kier alpha value is -1.44. The second-order valence-corrected chi connectivity index (χ2v) is 6.94. The Morgan fingerprint density at radius 1 is 1.25 bits per heavy atom. The average molecular weight is 301 g/mol. The number of aliphatic carboxylic acids is 1. The number of sulfonamides is 1. The van der Waals surface area contributed by atoms with E-state index in [4.69, 9.17) is 5.11 Å². The first kappa shape index (κ1) is 16.6. The van der Waals surface area contributed by atoms with E-state index < -0.39 is 21.6 Å². The summed E-state index contributed by atoms with van der Waals surface area (Å²) < 4.78 is 26.2. The molecule has 0 fully saturated rings. The highest BCUT2D eigenvalue weighted by Gasteiger charge is 2.19. The predicted molar refractivity (Wildman–Crippen MR) is 73.9 cm³/mol. The van der Waals surface area contributed by atoms with Gasteiger partial charge in [0.05, 0.1) is 10.5 Å². The molecule has 0 aliphatic heterocycles. The zero-order valence-corrected chi connectivity index (χ0v) is 12.3. The van der Waals surface area contributed by atoms with Crippen LogP contribution in [-0.4, -0.2) is 36.7 Å². The van der Waals surface area contributed by atoms with E-state index >= 15 is 0 Å². The van der Waals surface area contributed by atoms with Crippen LogP contribution >= 0.6 is 0 Å². The van der Waals surface area contributed by atoms with Gasteiger partial charge in [-0.2, -0.15) is 0 Å². The van der Waals surface area contributed by atoms with E-state index in [1.807, 2.05) is 0 Å². The second-order valence-electron chi connectivity index (χ2n) is 5.17. The number of nitrogens with one attached hydrogen (secondary N) is 1. The standard InChI is InChI=1S/C13H19NO5S/c1-13(2,17)9-14-20(18,19)11-6-3-10(4-7-11)5-8-12(15)16/h3-4,6-7,14,17H,5,8-9H2,1-2H3,(H,15,16). The molecule has 0 aliphatic carbocycles. The summed E-state index contributed by atoms with van der Waals surface area (Å²) >= 11 is 0. The number of hydrogen-bond donors (Lipinski definition) is 3. The van der Waals surface area contributed by atoms with Gasteiger partial charge in [-0.1, -0.05) is 12.1 Å². The van der Waals surface area contributed by atoms with Crippen molar-refractivity contribution in [2.75, 3.05) is 6.54 Å². The summed E-state index contributed by atoms with van der Waals surface area (Å²) in [4.78, 5) is 10.5. The predicted octanol–water partition coefficient (Wildman–Crippen LogP) is 0.753. The van der Waals surface area contributed by atoms with Crippen LogP contribution in [0.5, 0.6) is 0 Å². The van der Waals surface area contributed by atoms with E-state index in [-0.39, 0.29) is 17.9 Å². The van der Waals surface area contributed by atoms with Crippen LogP contribution in [0.1, 0.15) is 25.8 Å². The molecular formula is C13H19NO5S. The van der Waals surface area contributed by atoms with Crippen molar-refractivity contribution in [3.05, 3.63) is 29.8 Å². The summed E-state index contributed by atoms with van der Waals surface area (Å²) in [5, 5.41) is 18.1. The molecule has 0 bridgehead atoms. The van der Waals surface area contributed by atoms with E-state index in [1.54, 1.807) is 12.1 Å². The fourth-order valence-corrected chi connectivity index (χ4v) is 2.65. The zero-order valence-electron chi connectivity index (χ0n) is 11.5. The number of aliphatic hydroxyl groups is 1. The van der Waals surface area contributed by atoms with E-state index in [1.165, 1.54) is 26.0 Å². The van der Waals surface area contributed by atoms with Crippen LogP contribution in [-0.2, 0) is 21.2 Å². The Morgan fingerprint density at radius 2 is 1.80 bits per heavy atom. The number of carboxylic acids is 1. The van der Waals surface area contributed by atoms with Crippen LogP contribution in [0.25, 0.3) is 0 Å². The lowest BCUT2D eigenvalue weighted by atomic mass is 10.1. The third-order valence-corrected chi connectivity index (χ3v) is 3.97. The molecule has 0 atom stereocenters. The molecule has 0 heterocycles. The minimum absolute atomic E-state index is 0.00302. The van der Waals surface area contributed by atoms with Crippen molar-refractivity contribution in [1.82, 2.24) is 4.72 Å². The highest BCUT2D eigenvalue weighted by molar-refractivity contribution is 7.89. The van der Waals surface area contributed by atoms with Gasteiger partial charge < -0.3 is 10.2 Å². The number of benzene rings is 1. The van der Waals surface area contributed by atoms with Crippen molar-refractivity contribution in [2.45, 2.75) is 37.2 Å². The fourth-order valence-electron chi connectivity index (χ4n) is 1.44. The summed E-state index contributed by atoms with van der Waals surface area (Å²) in [6.45, 7) is 2.92. The molecule has 0 radical (unpaired) electrons. The molecular weight excluding hydrogens is 282 g/mol. The van der Waals surface area contributed by atoms with Crippen LogP contribution in [0.3, 0.4) is 0 Å². The van der Waals surface area contributed by atoms with Gasteiger partial charge in [-0.25, -0.2) is 13.1 Å². The lowest BCUT2D eigenvalue weighted by Gasteiger charge is -2.17. The Labute approximate surface area is 118 Å². The Kier molecular flexibility index (Phi) is 5.27. The zero-order chi connectivity index (χ0) is 15.4. The molecule has 0 spiro atoms. The fraction of sp³-hybridized carbons (Fsp3) is 0.462. The van der Waals surface area contributed by atoms with E-state index in [0.29, 0.717) is 6.42 Å². The first-order chi connectivity index (χ1) is 9.10. The Bertz CT molecular complexity index is 557. The first-order valence-electron chi connectivity index (χ1n) is 6.13. The third kappa shape index (κ3) is 5.68. The van der Waals surface area contributed by atoms with E-state index in [0.717, 1.165) is 5.56 Å². The number of hydrogen-bond acceptors (Lipinski definition) is 4. The Morgan fingerprint density at radius 3 is 2.25 bits per heavy atom. The highest BCUT2D eigenvalue weighted by atomic mass is 32.2. The maximum Gasteiger partial charge on any atom is 0.303 e. The van der Waals surface area contributed by atoms with Crippen LogP contribution in [0.15, 0.2) is 29.2 Å². The molecule has 6 nitrogen and oxygen atoms in total. The van der Waals surface area contributed by atoms with Gasteiger partial charge in [0.2, 0.25) is 10.0 Å². The van der Waals surface area contributed by atoms with Gasteiger partial charge in [-0.3, -0.25) is 4.79 Å². The normalized spacial score (nSPS) is 12.3. The maximum atomic E-state index is 11.9. The summed E-state index contributed by atoms with van der Waals surface area (Å²) in [5.74, 6) is -0.895. The summed E-state index contributed by atoms with van der Waals surface area (Å²) in [6.07, 6.45) is 0.357. The minimum Gasteiger partial charge on any atom is -0.481 e. The minimum atomic E-state index is -3.67. The molecule has 1 aromatic carbocycles. The summed E-state index contributed by atoms with van der Waals surface area (Å²) in [7, 11) is -3.67. The van der Waals surface area contributed by atoms with Crippen molar-refractivity contribution < 1.29 is 23.4 Å². The van der Waals surface area contributed by atoms with Crippen LogP contribution in [0.2, 0.25) is 0 Å². The molecule has 0 aromatic heterocycles. The van der Waals surface area contributed by atoms with Crippen molar-refractivity contribution in [1.29, 1.82) is 0 Å². The van der Waals surface area contributed by atoms with Gasteiger partial charge in [0, 0.05) is 13.0 Å². The quantitative estimate of drug-likeness (QED) is 0.689. The monoisotopic (exact) mass is 301 g/mol. The van der Waals surface area contributed by atoms with Gasteiger partial charge >= 0.3 is 5.97 Å². The largest absolute Gasteiger partial charge is 0.481 e.